The third-order valence-electron chi connectivity index (χ3n) is 4.77. The minimum Gasteiger partial charge on any atom is -0.497 e. The first-order valence-corrected chi connectivity index (χ1v) is 9.85. The number of alkyl halides is 3. The molecule has 0 saturated heterocycles. The van der Waals surface area contributed by atoms with E-state index >= 15 is 0 Å². The average molecular weight is 453 g/mol. The van der Waals surface area contributed by atoms with E-state index in [0.717, 1.165) is 17.7 Å². The number of carbonyl (C=O) groups is 1. The topological polar surface area (TPSA) is 66.2 Å². The zero-order chi connectivity index (χ0) is 23.4. The maximum absolute atomic E-state index is 13.2. The average Bonchev–Trinajstić information content (AvgIpc) is 3.29. The van der Waals surface area contributed by atoms with Crippen molar-refractivity contribution >= 4 is 5.97 Å². The van der Waals surface area contributed by atoms with E-state index in [0.29, 0.717) is 11.3 Å². The fourth-order valence-electron chi connectivity index (χ4n) is 3.10. The van der Waals surface area contributed by atoms with E-state index in [1.165, 1.54) is 16.8 Å². The molecule has 0 bridgehead atoms. The van der Waals surface area contributed by atoms with Crippen LogP contribution in [0.5, 0.6) is 5.75 Å². The number of nitrogens with zero attached hydrogens (tertiary/aromatic N) is 3. The van der Waals surface area contributed by atoms with Crippen LogP contribution in [0.25, 0.3) is 17.1 Å². The molecule has 0 aliphatic rings. The minimum atomic E-state index is -4.52. The van der Waals surface area contributed by atoms with Crippen LogP contribution in [-0.4, -0.2) is 27.8 Å². The van der Waals surface area contributed by atoms with Crippen molar-refractivity contribution in [1.82, 2.24) is 14.8 Å². The Labute approximate surface area is 187 Å². The van der Waals surface area contributed by atoms with Crippen molar-refractivity contribution in [3.63, 3.8) is 0 Å². The summed E-state index contributed by atoms with van der Waals surface area (Å²) in [4.78, 5) is 16.9. The van der Waals surface area contributed by atoms with Crippen LogP contribution in [0, 0.1) is 0 Å². The van der Waals surface area contributed by atoms with Crippen molar-refractivity contribution in [3.05, 3.63) is 95.8 Å². The highest BCUT2D eigenvalue weighted by Crippen LogP contribution is 2.31. The molecule has 9 heteroatoms. The normalized spacial score (nSPS) is 11.3. The predicted octanol–water partition coefficient (Wildman–Crippen LogP) is 5.32. The fourth-order valence-corrected chi connectivity index (χ4v) is 3.10. The zero-order valence-corrected chi connectivity index (χ0v) is 17.4. The number of hydrogen-bond donors (Lipinski definition) is 0. The standard InChI is InChI=1S/C24H18F3N3O3/c1-32-20-12-10-16(11-13-20)15-33-23(31)21-28-22(17-6-3-2-4-7-17)30(29-21)19-9-5-8-18(14-19)24(25,26)27/h2-14H,15H2,1H3. The molecule has 0 radical (unpaired) electrons. The lowest BCUT2D eigenvalue weighted by Crippen LogP contribution is -2.09. The number of benzene rings is 3. The molecule has 4 aromatic rings. The first-order chi connectivity index (χ1) is 15.8. The van der Waals surface area contributed by atoms with Crippen LogP contribution in [0.2, 0.25) is 0 Å². The molecular weight excluding hydrogens is 435 g/mol. The Kier molecular flexibility index (Phi) is 6.12. The van der Waals surface area contributed by atoms with E-state index in [2.05, 4.69) is 10.1 Å². The highest BCUT2D eigenvalue weighted by atomic mass is 19.4. The Morgan fingerprint density at radius 2 is 1.70 bits per heavy atom. The lowest BCUT2D eigenvalue weighted by atomic mass is 10.2. The molecule has 0 unspecified atom stereocenters. The number of carbonyl (C=O) groups excluding carboxylic acids is 1. The van der Waals surface area contributed by atoms with Gasteiger partial charge in [-0.25, -0.2) is 14.5 Å². The number of esters is 1. The summed E-state index contributed by atoms with van der Waals surface area (Å²) in [5.41, 5.74) is 0.588. The Morgan fingerprint density at radius 1 is 0.970 bits per heavy atom. The second-order valence-corrected chi connectivity index (χ2v) is 7.01. The zero-order valence-electron chi connectivity index (χ0n) is 17.4. The van der Waals surface area contributed by atoms with Gasteiger partial charge in [0.25, 0.3) is 5.82 Å². The smallest absolute Gasteiger partial charge is 0.416 e. The van der Waals surface area contributed by atoms with E-state index in [-0.39, 0.29) is 23.9 Å². The van der Waals surface area contributed by atoms with Gasteiger partial charge in [0, 0.05) is 5.56 Å². The Morgan fingerprint density at radius 3 is 2.36 bits per heavy atom. The van der Waals surface area contributed by atoms with Crippen molar-refractivity contribution in [3.8, 4) is 22.8 Å². The van der Waals surface area contributed by atoms with Gasteiger partial charge < -0.3 is 9.47 Å². The molecule has 0 aliphatic heterocycles. The van der Waals surface area contributed by atoms with Crippen molar-refractivity contribution in [2.45, 2.75) is 12.8 Å². The fraction of sp³-hybridized carbons (Fsp3) is 0.125. The molecule has 0 aliphatic carbocycles. The van der Waals surface area contributed by atoms with Crippen molar-refractivity contribution in [2.24, 2.45) is 0 Å². The van der Waals surface area contributed by atoms with Crippen LogP contribution >= 0.6 is 0 Å². The lowest BCUT2D eigenvalue weighted by Gasteiger charge is -2.10. The van der Waals surface area contributed by atoms with E-state index in [4.69, 9.17) is 9.47 Å². The Bertz CT molecular complexity index is 1250. The van der Waals surface area contributed by atoms with Gasteiger partial charge in [-0.15, -0.1) is 5.10 Å². The third kappa shape index (κ3) is 5.03. The minimum absolute atomic E-state index is 0.0262. The van der Waals surface area contributed by atoms with E-state index in [1.807, 2.05) is 0 Å². The molecule has 3 aromatic carbocycles. The van der Waals surface area contributed by atoms with Crippen molar-refractivity contribution in [2.75, 3.05) is 7.11 Å². The molecule has 0 N–H and O–H groups in total. The van der Waals surface area contributed by atoms with Gasteiger partial charge in [0.05, 0.1) is 18.4 Å². The molecule has 0 atom stereocenters. The van der Waals surface area contributed by atoms with Crippen molar-refractivity contribution in [1.29, 1.82) is 0 Å². The van der Waals surface area contributed by atoms with Crippen LogP contribution in [0.4, 0.5) is 13.2 Å². The Balaban J connectivity index is 1.66. The van der Waals surface area contributed by atoms with Crippen LogP contribution in [0.15, 0.2) is 78.9 Å². The highest BCUT2D eigenvalue weighted by Gasteiger charge is 2.31. The molecule has 0 saturated carbocycles. The first-order valence-electron chi connectivity index (χ1n) is 9.85. The molecule has 0 spiro atoms. The van der Waals surface area contributed by atoms with Crippen LogP contribution < -0.4 is 4.74 Å². The summed E-state index contributed by atoms with van der Waals surface area (Å²) >= 11 is 0. The molecule has 1 heterocycles. The van der Waals surface area contributed by atoms with Crippen LogP contribution in [-0.2, 0) is 17.5 Å². The second-order valence-electron chi connectivity index (χ2n) is 7.01. The van der Waals surface area contributed by atoms with Gasteiger partial charge >= 0.3 is 12.1 Å². The summed E-state index contributed by atoms with van der Waals surface area (Å²) in [5, 5.41) is 4.16. The largest absolute Gasteiger partial charge is 0.497 e. The highest BCUT2D eigenvalue weighted by molar-refractivity contribution is 5.86. The van der Waals surface area contributed by atoms with Gasteiger partial charge in [-0.3, -0.25) is 0 Å². The molecule has 0 amide bonds. The van der Waals surface area contributed by atoms with Gasteiger partial charge in [-0.1, -0.05) is 48.5 Å². The number of rotatable bonds is 6. The van der Waals surface area contributed by atoms with Crippen molar-refractivity contribution < 1.29 is 27.4 Å². The van der Waals surface area contributed by atoms with Gasteiger partial charge in [0.15, 0.2) is 5.82 Å². The summed E-state index contributed by atoms with van der Waals surface area (Å²) in [6.45, 7) is -0.0262. The van der Waals surface area contributed by atoms with E-state index < -0.39 is 17.7 Å². The maximum Gasteiger partial charge on any atom is 0.416 e. The van der Waals surface area contributed by atoms with Gasteiger partial charge in [-0.05, 0) is 35.9 Å². The number of methoxy groups -OCH3 is 1. The molecule has 33 heavy (non-hydrogen) atoms. The number of ether oxygens (including phenoxy) is 2. The van der Waals surface area contributed by atoms with E-state index in [9.17, 15) is 18.0 Å². The van der Waals surface area contributed by atoms with Crippen LogP contribution in [0.1, 0.15) is 21.7 Å². The Hall–Kier alpha value is -4.14. The van der Waals surface area contributed by atoms with Crippen LogP contribution in [0.3, 0.4) is 0 Å². The number of halogens is 3. The molecule has 1 aromatic heterocycles. The molecular formula is C24H18F3N3O3. The second kappa shape index (κ2) is 9.15. The van der Waals surface area contributed by atoms with Gasteiger partial charge in [0.1, 0.15) is 12.4 Å². The summed E-state index contributed by atoms with van der Waals surface area (Å²) in [5.74, 6) is -0.182. The summed E-state index contributed by atoms with van der Waals surface area (Å²) in [6.07, 6.45) is -4.52. The lowest BCUT2D eigenvalue weighted by molar-refractivity contribution is -0.137. The monoisotopic (exact) mass is 453 g/mol. The van der Waals surface area contributed by atoms with E-state index in [1.54, 1.807) is 61.7 Å². The quantitative estimate of drug-likeness (QED) is 0.370. The third-order valence-corrected chi connectivity index (χ3v) is 4.77. The molecule has 168 valence electrons. The summed E-state index contributed by atoms with van der Waals surface area (Å²) in [6, 6.07) is 20.4. The summed E-state index contributed by atoms with van der Waals surface area (Å²) < 4.78 is 51.3. The molecule has 4 rings (SSSR count). The van der Waals surface area contributed by atoms with Gasteiger partial charge in [0.2, 0.25) is 0 Å². The number of hydrogen-bond acceptors (Lipinski definition) is 5. The number of aromatic nitrogens is 3. The molecule has 6 nitrogen and oxygen atoms in total. The SMILES string of the molecule is COc1ccc(COC(=O)c2nc(-c3ccccc3)n(-c3cccc(C(F)(F)F)c3)n2)cc1. The maximum atomic E-state index is 13.2. The summed E-state index contributed by atoms with van der Waals surface area (Å²) in [7, 11) is 1.55. The van der Waals surface area contributed by atoms with Gasteiger partial charge in [-0.2, -0.15) is 13.2 Å². The predicted molar refractivity (Wildman–Crippen MR) is 114 cm³/mol. The first kappa shape index (κ1) is 22.1. The molecule has 0 fully saturated rings.